The van der Waals surface area contributed by atoms with Crippen LogP contribution in [-0.2, 0) is 16.3 Å². The molecule has 0 aliphatic rings. The van der Waals surface area contributed by atoms with Crippen LogP contribution in [0.1, 0.15) is 16.7 Å². The maximum absolute atomic E-state index is 13.9. The van der Waals surface area contributed by atoms with Crippen molar-refractivity contribution in [1.29, 1.82) is 0 Å². The van der Waals surface area contributed by atoms with Crippen LogP contribution in [0.2, 0.25) is 0 Å². The number of hydrogen-bond acceptors (Lipinski definition) is 4. The zero-order valence-corrected chi connectivity index (χ0v) is 14.4. The quantitative estimate of drug-likeness (QED) is 0.751. The summed E-state index contributed by atoms with van der Waals surface area (Å²) in [6.07, 6.45) is 1.36. The number of phenolic OH excluding ortho intramolecular Hbond substituents is 1. The lowest BCUT2D eigenvalue weighted by molar-refractivity contribution is 0.479. The lowest BCUT2D eigenvalue weighted by atomic mass is 9.98. The Morgan fingerprint density at radius 1 is 1.12 bits per heavy atom. The molecule has 0 atom stereocenters. The normalized spacial score (nSPS) is 11.8. The second-order valence-electron chi connectivity index (χ2n) is 5.97. The number of sulfone groups is 1. The number of aryl methyl sites for hydroxylation is 1. The van der Waals surface area contributed by atoms with Crippen molar-refractivity contribution in [2.75, 3.05) is 6.26 Å². The molecular weight excluding hydrogens is 345 g/mol. The van der Waals surface area contributed by atoms with E-state index in [0.29, 0.717) is 11.1 Å². The highest BCUT2D eigenvalue weighted by molar-refractivity contribution is 7.90. The van der Waals surface area contributed by atoms with Crippen LogP contribution in [0.5, 0.6) is 5.75 Å². The Labute approximate surface area is 143 Å². The lowest BCUT2D eigenvalue weighted by Gasteiger charge is -2.11. The fraction of sp³-hybridized carbons (Fsp3) is 0.167. The molecule has 5 nitrogen and oxygen atoms in total. The first-order valence-electron chi connectivity index (χ1n) is 7.50. The number of aromatic amines is 1. The number of hydrogen-bond donors (Lipinski definition) is 2. The number of aromatic hydroxyl groups is 1. The molecule has 3 aromatic rings. The molecule has 7 heteroatoms. The topological polar surface area (TPSA) is 87.2 Å². The monoisotopic (exact) mass is 361 g/mol. The SMILES string of the molecule is Cc1c(Cc2ccc(S(C)(=O)=O)cc2)c(=O)[nH]c2c(F)ccc(O)c12. The Kier molecular flexibility index (Phi) is 4.12. The summed E-state index contributed by atoms with van der Waals surface area (Å²) in [4.78, 5) is 15.0. The van der Waals surface area contributed by atoms with Crippen molar-refractivity contribution < 1.29 is 17.9 Å². The Morgan fingerprint density at radius 2 is 1.76 bits per heavy atom. The molecule has 0 aliphatic heterocycles. The third-order valence-corrected chi connectivity index (χ3v) is 5.33. The third kappa shape index (κ3) is 3.15. The van der Waals surface area contributed by atoms with E-state index in [1.54, 1.807) is 19.1 Å². The molecule has 2 N–H and O–H groups in total. The van der Waals surface area contributed by atoms with Gasteiger partial charge in [0.1, 0.15) is 11.6 Å². The van der Waals surface area contributed by atoms with Crippen LogP contribution >= 0.6 is 0 Å². The van der Waals surface area contributed by atoms with Crippen molar-refractivity contribution in [2.24, 2.45) is 0 Å². The van der Waals surface area contributed by atoms with Crippen LogP contribution in [0.25, 0.3) is 10.9 Å². The van der Waals surface area contributed by atoms with Gasteiger partial charge in [-0.2, -0.15) is 0 Å². The summed E-state index contributed by atoms with van der Waals surface area (Å²) >= 11 is 0. The highest BCUT2D eigenvalue weighted by Gasteiger charge is 2.15. The second-order valence-corrected chi connectivity index (χ2v) is 7.98. The van der Waals surface area contributed by atoms with Gasteiger partial charge in [-0.15, -0.1) is 0 Å². The molecule has 0 radical (unpaired) electrons. The first-order chi connectivity index (χ1) is 11.7. The Morgan fingerprint density at radius 3 is 2.36 bits per heavy atom. The third-order valence-electron chi connectivity index (χ3n) is 4.21. The number of phenols is 1. The van der Waals surface area contributed by atoms with Crippen molar-refractivity contribution in [2.45, 2.75) is 18.2 Å². The van der Waals surface area contributed by atoms with Crippen LogP contribution in [0.4, 0.5) is 4.39 Å². The molecule has 25 heavy (non-hydrogen) atoms. The van der Waals surface area contributed by atoms with Gasteiger partial charge in [0.15, 0.2) is 9.84 Å². The predicted octanol–water partition coefficient (Wildman–Crippen LogP) is 2.68. The summed E-state index contributed by atoms with van der Waals surface area (Å²) in [6, 6.07) is 8.55. The van der Waals surface area contributed by atoms with Gasteiger partial charge in [0, 0.05) is 23.6 Å². The summed E-state index contributed by atoms with van der Waals surface area (Å²) in [7, 11) is -3.29. The van der Waals surface area contributed by atoms with E-state index in [-0.39, 0.29) is 28.0 Å². The smallest absolute Gasteiger partial charge is 0.252 e. The molecule has 0 fully saturated rings. The van der Waals surface area contributed by atoms with Gasteiger partial charge in [-0.3, -0.25) is 4.79 Å². The van der Waals surface area contributed by atoms with Gasteiger partial charge in [-0.1, -0.05) is 12.1 Å². The number of pyridine rings is 1. The average molecular weight is 361 g/mol. The van der Waals surface area contributed by atoms with Crippen molar-refractivity contribution in [1.82, 2.24) is 4.98 Å². The van der Waals surface area contributed by atoms with Crippen molar-refractivity contribution in [3.63, 3.8) is 0 Å². The van der Waals surface area contributed by atoms with E-state index in [2.05, 4.69) is 4.98 Å². The van der Waals surface area contributed by atoms with Crippen LogP contribution in [0, 0.1) is 12.7 Å². The minimum Gasteiger partial charge on any atom is -0.507 e. The maximum Gasteiger partial charge on any atom is 0.252 e. The maximum atomic E-state index is 13.9. The van der Waals surface area contributed by atoms with E-state index in [1.165, 1.54) is 18.2 Å². The number of fused-ring (bicyclic) bond motifs is 1. The van der Waals surface area contributed by atoms with Gasteiger partial charge in [-0.05, 0) is 42.3 Å². The molecule has 0 saturated carbocycles. The number of rotatable bonds is 3. The van der Waals surface area contributed by atoms with E-state index in [0.717, 1.165) is 17.9 Å². The Bertz CT molecular complexity index is 1130. The average Bonchev–Trinajstić information content (AvgIpc) is 2.54. The van der Waals surface area contributed by atoms with E-state index in [1.807, 2.05) is 0 Å². The summed E-state index contributed by atoms with van der Waals surface area (Å²) in [5.41, 5.74) is 1.14. The Balaban J connectivity index is 2.11. The predicted molar refractivity (Wildman–Crippen MR) is 93.3 cm³/mol. The number of halogens is 1. The van der Waals surface area contributed by atoms with E-state index in [4.69, 9.17) is 0 Å². The minimum atomic E-state index is -3.29. The van der Waals surface area contributed by atoms with Gasteiger partial charge >= 0.3 is 0 Å². The van der Waals surface area contributed by atoms with Gasteiger partial charge in [0.25, 0.3) is 5.56 Å². The zero-order valence-electron chi connectivity index (χ0n) is 13.6. The van der Waals surface area contributed by atoms with Gasteiger partial charge in [-0.25, -0.2) is 12.8 Å². The van der Waals surface area contributed by atoms with Gasteiger partial charge in [0.2, 0.25) is 0 Å². The van der Waals surface area contributed by atoms with Crippen molar-refractivity contribution in [3.8, 4) is 5.75 Å². The lowest BCUT2D eigenvalue weighted by Crippen LogP contribution is -2.16. The zero-order chi connectivity index (χ0) is 18.4. The second kappa shape index (κ2) is 6.00. The molecule has 3 rings (SSSR count). The summed E-state index contributed by atoms with van der Waals surface area (Å²) < 4.78 is 36.9. The number of benzene rings is 2. The van der Waals surface area contributed by atoms with Crippen LogP contribution in [0.15, 0.2) is 46.1 Å². The van der Waals surface area contributed by atoms with Crippen molar-refractivity contribution >= 4 is 20.7 Å². The molecule has 130 valence electrons. The molecule has 0 aliphatic carbocycles. The van der Waals surface area contributed by atoms with Gasteiger partial charge < -0.3 is 10.1 Å². The van der Waals surface area contributed by atoms with Crippen LogP contribution in [-0.4, -0.2) is 24.8 Å². The summed E-state index contributed by atoms with van der Waals surface area (Å²) in [5.74, 6) is -0.726. The summed E-state index contributed by atoms with van der Waals surface area (Å²) in [5, 5.41) is 10.3. The molecule has 0 amide bonds. The molecule has 2 aromatic carbocycles. The Hall–Kier alpha value is -2.67. The van der Waals surface area contributed by atoms with Crippen LogP contribution in [0.3, 0.4) is 0 Å². The number of nitrogens with one attached hydrogen (secondary N) is 1. The largest absolute Gasteiger partial charge is 0.507 e. The first kappa shape index (κ1) is 17.2. The molecule has 1 heterocycles. The standard InChI is InChI=1S/C18H16FNO4S/c1-10-13(9-11-3-5-12(6-4-11)25(2,23)24)18(22)20-17-14(19)7-8-15(21)16(10)17/h3-8,21H,9H2,1-2H3,(H,20,22). The number of aromatic nitrogens is 1. The van der Waals surface area contributed by atoms with E-state index in [9.17, 15) is 22.7 Å². The van der Waals surface area contributed by atoms with Crippen molar-refractivity contribution in [3.05, 3.63) is 69.3 Å². The summed E-state index contributed by atoms with van der Waals surface area (Å²) in [6.45, 7) is 1.65. The fourth-order valence-electron chi connectivity index (χ4n) is 2.85. The molecule has 0 spiro atoms. The fourth-order valence-corrected chi connectivity index (χ4v) is 3.48. The van der Waals surface area contributed by atoms with Crippen LogP contribution < -0.4 is 5.56 Å². The molecule has 0 bridgehead atoms. The van der Waals surface area contributed by atoms with E-state index < -0.39 is 21.2 Å². The van der Waals surface area contributed by atoms with Gasteiger partial charge in [0.05, 0.1) is 10.4 Å². The van der Waals surface area contributed by atoms with E-state index >= 15 is 0 Å². The molecule has 1 aromatic heterocycles. The highest BCUT2D eigenvalue weighted by Crippen LogP contribution is 2.29. The highest BCUT2D eigenvalue weighted by atomic mass is 32.2. The minimum absolute atomic E-state index is 0.0290. The molecule has 0 unspecified atom stereocenters. The number of H-pyrrole nitrogens is 1. The first-order valence-corrected chi connectivity index (χ1v) is 9.39. The molecular formula is C18H16FNO4S. The molecule has 0 saturated heterocycles.